The Morgan fingerprint density at radius 3 is 2.63 bits per heavy atom. The van der Waals surface area contributed by atoms with Gasteiger partial charge in [0.1, 0.15) is 5.82 Å². The van der Waals surface area contributed by atoms with E-state index < -0.39 is 15.7 Å². The Balaban J connectivity index is 1.65. The molecule has 0 aliphatic carbocycles. The molecule has 2 aliphatic heterocycles. The van der Waals surface area contributed by atoms with E-state index in [2.05, 4.69) is 0 Å². The molecule has 2 aliphatic rings. The molecule has 160 valence electrons. The van der Waals surface area contributed by atoms with Crippen molar-refractivity contribution in [1.29, 1.82) is 0 Å². The number of nitrogens with zero attached hydrogens (tertiary/aromatic N) is 2. The number of benzene rings is 2. The zero-order valence-electron chi connectivity index (χ0n) is 16.3. The van der Waals surface area contributed by atoms with E-state index in [-0.39, 0.29) is 23.6 Å². The number of sulfone groups is 1. The molecule has 2 atom stereocenters. The van der Waals surface area contributed by atoms with Crippen LogP contribution in [0, 0.1) is 5.82 Å². The zero-order valence-corrected chi connectivity index (χ0v) is 18.7. The van der Waals surface area contributed by atoms with Gasteiger partial charge in [-0.05, 0) is 29.8 Å². The Hall–Kier alpha value is -1.97. The van der Waals surface area contributed by atoms with Crippen molar-refractivity contribution in [3.05, 3.63) is 52.8 Å². The Labute approximate surface area is 183 Å². The number of hydrogen-bond acceptors (Lipinski definition) is 7. The van der Waals surface area contributed by atoms with Gasteiger partial charge >= 0.3 is 0 Å². The first-order chi connectivity index (χ1) is 14.3. The first-order valence-electron chi connectivity index (χ1n) is 9.17. The number of hydrogen-bond donors (Lipinski definition) is 0. The van der Waals surface area contributed by atoms with Crippen molar-refractivity contribution < 1.29 is 22.3 Å². The monoisotopic (exact) mass is 470 g/mol. The van der Waals surface area contributed by atoms with Crippen LogP contribution in [0.3, 0.4) is 0 Å². The van der Waals surface area contributed by atoms with E-state index in [1.165, 1.54) is 23.9 Å². The summed E-state index contributed by atoms with van der Waals surface area (Å²) >= 11 is 7.60. The second-order valence-corrected chi connectivity index (χ2v) is 10.6. The summed E-state index contributed by atoms with van der Waals surface area (Å²) in [7, 11) is -0.0457. The van der Waals surface area contributed by atoms with Gasteiger partial charge in [-0.2, -0.15) is 0 Å². The molecule has 0 bridgehead atoms. The molecule has 1 fully saturated rings. The summed E-state index contributed by atoms with van der Waals surface area (Å²) in [5.41, 5.74) is 1.55. The molecule has 0 unspecified atom stereocenters. The van der Waals surface area contributed by atoms with Gasteiger partial charge in [0.15, 0.2) is 26.5 Å². The smallest absolute Gasteiger partial charge is 0.164 e. The highest BCUT2D eigenvalue weighted by molar-refractivity contribution is 8.13. The van der Waals surface area contributed by atoms with Crippen LogP contribution >= 0.6 is 23.4 Å². The molecule has 2 aromatic rings. The maximum atomic E-state index is 13.3. The van der Waals surface area contributed by atoms with Crippen LogP contribution in [0.5, 0.6) is 11.5 Å². The Kier molecular flexibility index (Phi) is 5.87. The zero-order chi connectivity index (χ0) is 21.5. The maximum Gasteiger partial charge on any atom is 0.164 e. The van der Waals surface area contributed by atoms with Gasteiger partial charge in [-0.3, -0.25) is 4.99 Å². The van der Waals surface area contributed by atoms with Gasteiger partial charge in [-0.25, -0.2) is 12.8 Å². The highest BCUT2D eigenvalue weighted by Crippen LogP contribution is 2.39. The quantitative estimate of drug-likeness (QED) is 0.662. The van der Waals surface area contributed by atoms with Crippen molar-refractivity contribution >= 4 is 44.1 Å². The van der Waals surface area contributed by atoms with E-state index >= 15 is 0 Å². The van der Waals surface area contributed by atoms with Crippen molar-refractivity contribution in [2.24, 2.45) is 4.99 Å². The fraction of sp³-hybridized carbons (Fsp3) is 0.350. The van der Waals surface area contributed by atoms with Crippen LogP contribution in [-0.4, -0.2) is 51.4 Å². The Bertz CT molecular complexity index is 1110. The van der Waals surface area contributed by atoms with Crippen molar-refractivity contribution in [3.8, 4) is 11.5 Å². The number of amidine groups is 1. The Morgan fingerprint density at radius 1 is 1.17 bits per heavy atom. The van der Waals surface area contributed by atoms with Crippen molar-refractivity contribution in [2.75, 3.05) is 30.6 Å². The molecule has 0 spiro atoms. The summed E-state index contributed by atoms with van der Waals surface area (Å²) in [6.45, 7) is 0. The van der Waals surface area contributed by atoms with Gasteiger partial charge in [-0.15, -0.1) is 0 Å². The average Bonchev–Trinajstić information content (AvgIpc) is 3.17. The molecule has 4 rings (SSSR count). The predicted octanol–water partition coefficient (Wildman–Crippen LogP) is 3.77. The third-order valence-electron chi connectivity index (χ3n) is 5.12. The van der Waals surface area contributed by atoms with Crippen LogP contribution in [0.2, 0.25) is 5.02 Å². The van der Waals surface area contributed by atoms with E-state index in [9.17, 15) is 12.8 Å². The predicted molar refractivity (Wildman–Crippen MR) is 118 cm³/mol. The number of aliphatic imine (C=N–C) groups is 1. The van der Waals surface area contributed by atoms with Gasteiger partial charge in [0.25, 0.3) is 0 Å². The summed E-state index contributed by atoms with van der Waals surface area (Å²) < 4.78 is 48.5. The topological polar surface area (TPSA) is 68.2 Å². The molecule has 2 aromatic carbocycles. The van der Waals surface area contributed by atoms with Gasteiger partial charge in [0.2, 0.25) is 0 Å². The SMILES string of the molecule is COc1ccc(N2C(SCc3ccc(F)cc3Cl)=N[C@@H]3CS(=O)(=O)C[C@@H]32)cc1OC. The molecule has 2 heterocycles. The normalized spacial score (nSPS) is 22.0. The Morgan fingerprint density at radius 2 is 1.93 bits per heavy atom. The van der Waals surface area contributed by atoms with E-state index in [1.807, 2.05) is 17.0 Å². The van der Waals surface area contributed by atoms with Crippen LogP contribution in [0.1, 0.15) is 5.56 Å². The molecule has 10 heteroatoms. The molecular formula is C20H20ClFN2O4S2. The summed E-state index contributed by atoms with van der Waals surface area (Å²) in [6.07, 6.45) is 0. The molecule has 0 aromatic heterocycles. The van der Waals surface area contributed by atoms with E-state index in [0.29, 0.717) is 27.4 Å². The molecule has 0 radical (unpaired) electrons. The molecule has 1 saturated heterocycles. The largest absolute Gasteiger partial charge is 0.493 e. The number of methoxy groups -OCH3 is 2. The van der Waals surface area contributed by atoms with Crippen LogP contribution < -0.4 is 14.4 Å². The van der Waals surface area contributed by atoms with Crippen LogP contribution in [-0.2, 0) is 15.6 Å². The van der Waals surface area contributed by atoms with Gasteiger partial charge in [-0.1, -0.05) is 29.4 Å². The van der Waals surface area contributed by atoms with Crippen LogP contribution in [0.4, 0.5) is 10.1 Å². The highest BCUT2D eigenvalue weighted by atomic mass is 35.5. The fourth-order valence-corrected chi connectivity index (χ4v) is 6.97. The van der Waals surface area contributed by atoms with Crippen molar-refractivity contribution in [2.45, 2.75) is 17.8 Å². The molecule has 6 nitrogen and oxygen atoms in total. The van der Waals surface area contributed by atoms with Gasteiger partial charge in [0.05, 0.1) is 37.8 Å². The molecular weight excluding hydrogens is 451 g/mol. The molecule has 0 N–H and O–H groups in total. The number of rotatable bonds is 5. The number of fused-ring (bicyclic) bond motifs is 1. The van der Waals surface area contributed by atoms with E-state index in [0.717, 1.165) is 11.3 Å². The lowest BCUT2D eigenvalue weighted by Gasteiger charge is -2.27. The minimum Gasteiger partial charge on any atom is -0.493 e. The lowest BCUT2D eigenvalue weighted by molar-refractivity contribution is 0.355. The van der Waals surface area contributed by atoms with Crippen LogP contribution in [0.25, 0.3) is 0 Å². The number of thioether (sulfide) groups is 1. The minimum absolute atomic E-state index is 0.0306. The number of anilines is 1. The van der Waals surface area contributed by atoms with Gasteiger partial charge < -0.3 is 14.4 Å². The first-order valence-corrected chi connectivity index (χ1v) is 12.4. The first kappa shape index (κ1) is 21.3. The highest BCUT2D eigenvalue weighted by Gasteiger charge is 2.47. The second kappa shape index (κ2) is 8.28. The van der Waals surface area contributed by atoms with Crippen molar-refractivity contribution in [1.82, 2.24) is 0 Å². The molecule has 30 heavy (non-hydrogen) atoms. The number of halogens is 2. The molecule has 0 saturated carbocycles. The third-order valence-corrected chi connectivity index (χ3v) is 8.19. The fourth-order valence-electron chi connectivity index (χ4n) is 3.69. The summed E-state index contributed by atoms with van der Waals surface area (Å²) in [5, 5.41) is 1.05. The lowest BCUT2D eigenvalue weighted by Crippen LogP contribution is -2.39. The molecule has 0 amide bonds. The summed E-state index contributed by atoms with van der Waals surface area (Å²) in [6, 6.07) is 9.14. The van der Waals surface area contributed by atoms with E-state index in [4.69, 9.17) is 26.1 Å². The van der Waals surface area contributed by atoms with Crippen LogP contribution in [0.15, 0.2) is 41.4 Å². The standard InChI is InChI=1S/C20H20ClFN2O4S2/c1-27-18-6-5-14(8-19(18)28-2)24-17-11-30(25,26)10-16(17)23-20(24)29-9-12-3-4-13(22)7-15(12)21/h3-8,16-17H,9-11H2,1-2H3/t16-,17+/m1/s1. The maximum absolute atomic E-state index is 13.3. The minimum atomic E-state index is -3.15. The van der Waals surface area contributed by atoms with Gasteiger partial charge in [0, 0.05) is 22.5 Å². The second-order valence-electron chi connectivity index (χ2n) is 7.06. The number of ether oxygens (including phenoxy) is 2. The average molecular weight is 471 g/mol. The summed E-state index contributed by atoms with van der Waals surface area (Å²) in [5.74, 6) is 1.29. The third kappa shape index (κ3) is 4.10. The van der Waals surface area contributed by atoms with E-state index in [1.54, 1.807) is 26.4 Å². The summed E-state index contributed by atoms with van der Waals surface area (Å²) in [4.78, 5) is 6.64. The lowest BCUT2D eigenvalue weighted by atomic mass is 10.1. The van der Waals surface area contributed by atoms with Crippen molar-refractivity contribution in [3.63, 3.8) is 0 Å².